The Morgan fingerprint density at radius 2 is 1.69 bits per heavy atom. The first-order valence-electron chi connectivity index (χ1n) is 4.01. The van der Waals surface area contributed by atoms with Crippen molar-refractivity contribution in [2.75, 3.05) is 19.8 Å². The summed E-state index contributed by atoms with van der Waals surface area (Å²) in [5, 5.41) is 16.5. The molecule has 0 spiro atoms. The van der Waals surface area contributed by atoms with Crippen molar-refractivity contribution in [3.05, 3.63) is 0 Å². The summed E-state index contributed by atoms with van der Waals surface area (Å²) in [5.41, 5.74) is 0. The smallest absolute Gasteiger partial charge is 0.550 e. The summed E-state index contributed by atoms with van der Waals surface area (Å²) in [7, 11) is 0. The average molecular weight is 200 g/mol. The molecule has 1 aliphatic rings. The Labute approximate surface area is 102 Å². The molecule has 1 aliphatic heterocycles. The van der Waals surface area contributed by atoms with Crippen LogP contribution in [0.15, 0.2) is 0 Å². The third kappa shape index (κ3) is 46.0. The van der Waals surface area contributed by atoms with E-state index in [0.29, 0.717) is 0 Å². The van der Waals surface area contributed by atoms with Crippen LogP contribution in [0.1, 0.15) is 26.7 Å². The maximum absolute atomic E-state index is 8.89. The van der Waals surface area contributed by atoms with Gasteiger partial charge >= 0.3 is 29.6 Å². The van der Waals surface area contributed by atoms with Crippen molar-refractivity contribution in [2.45, 2.75) is 26.7 Å². The number of carboxylic acids is 1. The molecule has 1 fully saturated rings. The van der Waals surface area contributed by atoms with Crippen molar-refractivity contribution < 1.29 is 49.3 Å². The standard InChI is InChI=1S/C4H8O.C2H4O2.C2H6O.Na/c1-2-4-5-3-1;1-2(3)4;1-2-3;/h1-4H2;1H3,(H,3,4);3H,2H2,1H3;/q;;;+1/p-1. The van der Waals surface area contributed by atoms with E-state index < -0.39 is 5.97 Å². The van der Waals surface area contributed by atoms with Crippen LogP contribution in [0.3, 0.4) is 0 Å². The van der Waals surface area contributed by atoms with Gasteiger partial charge in [0.2, 0.25) is 0 Å². The molecule has 0 aromatic heterocycles. The molecule has 0 saturated carbocycles. The Hall–Kier alpha value is 0.390. The number of hydrogen-bond donors (Lipinski definition) is 1. The van der Waals surface area contributed by atoms with Gasteiger partial charge in [-0.25, -0.2) is 0 Å². The zero-order valence-electron chi connectivity index (χ0n) is 8.71. The van der Waals surface area contributed by atoms with Gasteiger partial charge in [0, 0.05) is 25.8 Å². The van der Waals surface area contributed by atoms with Gasteiger partial charge in [0.15, 0.2) is 0 Å². The van der Waals surface area contributed by atoms with Crippen molar-refractivity contribution in [1.29, 1.82) is 0 Å². The number of hydrogen-bond acceptors (Lipinski definition) is 4. The molecular formula is C8H17NaO4. The van der Waals surface area contributed by atoms with Gasteiger partial charge in [-0.15, -0.1) is 0 Å². The van der Waals surface area contributed by atoms with Crippen LogP contribution in [0.25, 0.3) is 0 Å². The van der Waals surface area contributed by atoms with Crippen LogP contribution in [0.2, 0.25) is 0 Å². The summed E-state index contributed by atoms with van der Waals surface area (Å²) in [4.78, 5) is 8.89. The summed E-state index contributed by atoms with van der Waals surface area (Å²) >= 11 is 0. The molecule has 0 aromatic rings. The maximum Gasteiger partial charge on any atom is 1.00 e. The molecule has 1 rings (SSSR count). The first-order valence-corrected chi connectivity index (χ1v) is 4.01. The molecule has 0 radical (unpaired) electrons. The zero-order valence-corrected chi connectivity index (χ0v) is 10.7. The fourth-order valence-corrected chi connectivity index (χ4v) is 0.510. The minimum Gasteiger partial charge on any atom is -0.550 e. The number of carbonyl (C=O) groups is 1. The first kappa shape index (κ1) is 19.0. The number of carbonyl (C=O) groups excluding carboxylic acids is 1. The number of aliphatic hydroxyl groups excluding tert-OH is 1. The molecule has 13 heavy (non-hydrogen) atoms. The Balaban J connectivity index is -0.000000116. The normalized spacial score (nSPS) is 12.5. The first-order chi connectivity index (χ1) is 5.65. The van der Waals surface area contributed by atoms with E-state index in [2.05, 4.69) is 0 Å². The third-order valence-corrected chi connectivity index (χ3v) is 0.827. The molecule has 0 bridgehead atoms. The summed E-state index contributed by atoms with van der Waals surface area (Å²) in [6, 6.07) is 0. The van der Waals surface area contributed by atoms with Crippen molar-refractivity contribution in [2.24, 2.45) is 0 Å². The monoisotopic (exact) mass is 200 g/mol. The van der Waals surface area contributed by atoms with Crippen molar-refractivity contribution in [3.8, 4) is 0 Å². The van der Waals surface area contributed by atoms with Gasteiger partial charge in [0.05, 0.1) is 0 Å². The molecule has 0 amide bonds. The van der Waals surface area contributed by atoms with Gasteiger partial charge in [-0.05, 0) is 26.7 Å². The molecule has 1 N–H and O–H groups in total. The topological polar surface area (TPSA) is 69.6 Å². The fourth-order valence-electron chi connectivity index (χ4n) is 0.510. The maximum atomic E-state index is 8.89. The summed E-state index contributed by atoms with van der Waals surface area (Å²) in [5.74, 6) is -1.08. The number of rotatable bonds is 0. The van der Waals surface area contributed by atoms with Crippen LogP contribution in [-0.4, -0.2) is 30.9 Å². The average Bonchev–Trinajstić information content (AvgIpc) is 2.40. The summed E-state index contributed by atoms with van der Waals surface area (Å²) < 4.78 is 4.94. The molecule has 5 heteroatoms. The predicted octanol–water partition coefficient (Wildman–Crippen LogP) is -3.44. The van der Waals surface area contributed by atoms with E-state index >= 15 is 0 Å². The van der Waals surface area contributed by atoms with Gasteiger partial charge in [-0.2, -0.15) is 0 Å². The summed E-state index contributed by atoms with van der Waals surface area (Å²) in [6.45, 7) is 4.90. The Bertz CT molecular complexity index is 82.5. The van der Waals surface area contributed by atoms with E-state index in [1.54, 1.807) is 6.92 Å². The number of carboxylic acid groups (broad SMARTS) is 1. The molecule has 0 aromatic carbocycles. The van der Waals surface area contributed by atoms with E-state index in [-0.39, 0.29) is 36.2 Å². The van der Waals surface area contributed by atoms with Crippen molar-refractivity contribution >= 4 is 5.97 Å². The van der Waals surface area contributed by atoms with Gasteiger partial charge in [0.25, 0.3) is 0 Å². The van der Waals surface area contributed by atoms with Gasteiger partial charge < -0.3 is 19.7 Å². The van der Waals surface area contributed by atoms with Crippen LogP contribution in [-0.2, 0) is 9.53 Å². The Morgan fingerprint density at radius 1 is 1.46 bits per heavy atom. The van der Waals surface area contributed by atoms with Crippen molar-refractivity contribution in [1.82, 2.24) is 0 Å². The van der Waals surface area contributed by atoms with E-state index in [1.165, 1.54) is 12.8 Å². The minimum absolute atomic E-state index is 0. The van der Waals surface area contributed by atoms with Crippen LogP contribution >= 0.6 is 0 Å². The second-order valence-electron chi connectivity index (χ2n) is 2.13. The van der Waals surface area contributed by atoms with Crippen LogP contribution in [0, 0.1) is 0 Å². The third-order valence-electron chi connectivity index (χ3n) is 0.827. The SMILES string of the molecule is C1CCOC1.CC(=O)[O-].CCO.[Na+]. The number of aliphatic hydroxyl groups is 1. The van der Waals surface area contributed by atoms with Gasteiger partial charge in [0.1, 0.15) is 0 Å². The van der Waals surface area contributed by atoms with Crippen molar-refractivity contribution in [3.63, 3.8) is 0 Å². The molecule has 1 saturated heterocycles. The molecule has 0 atom stereocenters. The fraction of sp³-hybridized carbons (Fsp3) is 0.875. The largest absolute Gasteiger partial charge is 1.00 e. The Kier molecular flexibility index (Phi) is 26.7. The molecule has 1 heterocycles. The van der Waals surface area contributed by atoms with Crippen LogP contribution in [0.5, 0.6) is 0 Å². The van der Waals surface area contributed by atoms with Gasteiger partial charge in [-0.1, -0.05) is 0 Å². The second kappa shape index (κ2) is 18.2. The molecule has 0 unspecified atom stereocenters. The minimum atomic E-state index is -1.08. The molecule has 74 valence electrons. The predicted molar refractivity (Wildman–Crippen MR) is 43.5 cm³/mol. The Morgan fingerprint density at radius 3 is 1.77 bits per heavy atom. The summed E-state index contributed by atoms with van der Waals surface area (Å²) in [6.07, 6.45) is 2.56. The molecule has 4 nitrogen and oxygen atoms in total. The molecular weight excluding hydrogens is 183 g/mol. The second-order valence-corrected chi connectivity index (χ2v) is 2.13. The van der Waals surface area contributed by atoms with E-state index in [4.69, 9.17) is 19.7 Å². The van der Waals surface area contributed by atoms with E-state index in [0.717, 1.165) is 20.1 Å². The van der Waals surface area contributed by atoms with E-state index in [9.17, 15) is 0 Å². The van der Waals surface area contributed by atoms with Gasteiger partial charge in [-0.3, -0.25) is 0 Å². The quantitative estimate of drug-likeness (QED) is 0.413. The zero-order chi connectivity index (χ0) is 9.82. The van der Waals surface area contributed by atoms with E-state index in [1.807, 2.05) is 0 Å². The van der Waals surface area contributed by atoms with Crippen LogP contribution < -0.4 is 34.7 Å². The number of aliphatic carboxylic acids is 1. The van der Waals surface area contributed by atoms with Crippen LogP contribution in [0.4, 0.5) is 0 Å². The molecule has 0 aliphatic carbocycles. The number of ether oxygens (including phenoxy) is 1.